The molecule has 1 amide bonds. The predicted octanol–water partition coefficient (Wildman–Crippen LogP) is 2.37. The summed E-state index contributed by atoms with van der Waals surface area (Å²) in [5, 5.41) is 14.4. The Labute approximate surface area is 119 Å². The molecule has 0 heterocycles. The van der Waals surface area contributed by atoms with Crippen molar-refractivity contribution in [1.82, 2.24) is 5.32 Å². The van der Waals surface area contributed by atoms with Crippen molar-refractivity contribution < 1.29 is 14.7 Å². The summed E-state index contributed by atoms with van der Waals surface area (Å²) in [6, 6.07) is 7.73. The first-order valence-corrected chi connectivity index (χ1v) is 6.81. The Morgan fingerprint density at radius 1 is 1.30 bits per heavy atom. The SMILES string of the molecule is CCNC(=O)CCOc1ccc(CCC(C)=NO)cc1. The number of rotatable bonds is 8. The fourth-order valence-electron chi connectivity index (χ4n) is 1.67. The fraction of sp³-hybridized carbons (Fsp3) is 0.467. The van der Waals surface area contributed by atoms with Gasteiger partial charge < -0.3 is 15.3 Å². The van der Waals surface area contributed by atoms with Gasteiger partial charge in [0, 0.05) is 6.54 Å². The normalized spacial score (nSPS) is 11.2. The van der Waals surface area contributed by atoms with E-state index in [0.717, 1.165) is 24.2 Å². The van der Waals surface area contributed by atoms with Crippen LogP contribution in [0.1, 0.15) is 32.3 Å². The van der Waals surface area contributed by atoms with Gasteiger partial charge in [-0.1, -0.05) is 17.3 Å². The molecule has 5 nitrogen and oxygen atoms in total. The third-order valence-electron chi connectivity index (χ3n) is 2.84. The van der Waals surface area contributed by atoms with Crippen molar-refractivity contribution in [3.63, 3.8) is 0 Å². The van der Waals surface area contributed by atoms with Crippen LogP contribution in [0.5, 0.6) is 5.75 Å². The highest BCUT2D eigenvalue weighted by Crippen LogP contribution is 2.13. The van der Waals surface area contributed by atoms with E-state index in [4.69, 9.17) is 9.94 Å². The Hall–Kier alpha value is -2.04. The molecule has 5 heteroatoms. The highest BCUT2D eigenvalue weighted by molar-refractivity contribution is 5.81. The maximum atomic E-state index is 11.2. The van der Waals surface area contributed by atoms with Crippen LogP contribution in [0.3, 0.4) is 0 Å². The van der Waals surface area contributed by atoms with Crippen LogP contribution in [0.25, 0.3) is 0 Å². The lowest BCUT2D eigenvalue weighted by Crippen LogP contribution is -2.24. The fourth-order valence-corrected chi connectivity index (χ4v) is 1.67. The zero-order chi connectivity index (χ0) is 14.8. The van der Waals surface area contributed by atoms with Crippen molar-refractivity contribution in [2.24, 2.45) is 5.16 Å². The van der Waals surface area contributed by atoms with Gasteiger partial charge in [-0.15, -0.1) is 0 Å². The van der Waals surface area contributed by atoms with E-state index in [2.05, 4.69) is 10.5 Å². The van der Waals surface area contributed by atoms with Crippen LogP contribution in [0, 0.1) is 0 Å². The molecule has 1 aromatic rings. The van der Waals surface area contributed by atoms with Gasteiger partial charge in [0.25, 0.3) is 0 Å². The van der Waals surface area contributed by atoms with E-state index in [1.165, 1.54) is 0 Å². The molecule has 0 aliphatic heterocycles. The van der Waals surface area contributed by atoms with E-state index in [9.17, 15) is 4.79 Å². The summed E-state index contributed by atoms with van der Waals surface area (Å²) in [6.45, 7) is 4.70. The molecule has 0 radical (unpaired) electrons. The first kappa shape index (κ1) is 16.0. The first-order valence-electron chi connectivity index (χ1n) is 6.81. The number of carbonyl (C=O) groups is 1. The van der Waals surface area contributed by atoms with Crippen LogP contribution < -0.4 is 10.1 Å². The summed E-state index contributed by atoms with van der Waals surface area (Å²) < 4.78 is 5.50. The molecular weight excluding hydrogens is 256 g/mol. The van der Waals surface area contributed by atoms with Crippen LogP contribution >= 0.6 is 0 Å². The second-order valence-electron chi connectivity index (χ2n) is 4.53. The molecule has 110 valence electrons. The van der Waals surface area contributed by atoms with Crippen molar-refractivity contribution in [1.29, 1.82) is 0 Å². The second kappa shape index (κ2) is 8.96. The van der Waals surface area contributed by atoms with Gasteiger partial charge >= 0.3 is 0 Å². The Balaban J connectivity index is 2.33. The average molecular weight is 278 g/mol. The van der Waals surface area contributed by atoms with Gasteiger partial charge in [0.2, 0.25) is 5.91 Å². The molecule has 0 aliphatic rings. The number of carbonyl (C=O) groups excluding carboxylic acids is 1. The van der Waals surface area contributed by atoms with Crippen LogP contribution in [0.2, 0.25) is 0 Å². The monoisotopic (exact) mass is 278 g/mol. The van der Waals surface area contributed by atoms with E-state index < -0.39 is 0 Å². The topological polar surface area (TPSA) is 70.9 Å². The number of ether oxygens (including phenoxy) is 1. The summed E-state index contributed by atoms with van der Waals surface area (Å²) in [7, 11) is 0. The smallest absolute Gasteiger partial charge is 0.223 e. The molecule has 0 aromatic heterocycles. The summed E-state index contributed by atoms with van der Waals surface area (Å²) in [6.07, 6.45) is 1.92. The summed E-state index contributed by atoms with van der Waals surface area (Å²) in [5.41, 5.74) is 1.87. The Morgan fingerprint density at radius 2 is 2.00 bits per heavy atom. The average Bonchev–Trinajstić information content (AvgIpc) is 2.46. The lowest BCUT2D eigenvalue weighted by Gasteiger charge is -2.07. The van der Waals surface area contributed by atoms with Crippen LogP contribution in [-0.4, -0.2) is 30.0 Å². The second-order valence-corrected chi connectivity index (χ2v) is 4.53. The van der Waals surface area contributed by atoms with Gasteiger partial charge in [0.05, 0.1) is 18.7 Å². The number of hydrogen-bond acceptors (Lipinski definition) is 4. The van der Waals surface area contributed by atoms with E-state index in [0.29, 0.717) is 25.3 Å². The first-order chi connectivity index (χ1) is 9.65. The lowest BCUT2D eigenvalue weighted by atomic mass is 10.1. The summed E-state index contributed by atoms with van der Waals surface area (Å²) >= 11 is 0. The molecule has 0 bridgehead atoms. The number of hydrogen-bond donors (Lipinski definition) is 2. The Bertz CT molecular complexity index is 441. The minimum Gasteiger partial charge on any atom is -0.493 e. The molecule has 0 fully saturated rings. The molecule has 1 rings (SSSR count). The maximum absolute atomic E-state index is 11.2. The van der Waals surface area contributed by atoms with Gasteiger partial charge in [-0.25, -0.2) is 0 Å². The van der Waals surface area contributed by atoms with Gasteiger partial charge in [0.1, 0.15) is 5.75 Å². The van der Waals surface area contributed by atoms with Gasteiger partial charge in [-0.05, 0) is 44.4 Å². The van der Waals surface area contributed by atoms with Crippen molar-refractivity contribution in [2.45, 2.75) is 33.1 Å². The summed E-state index contributed by atoms with van der Waals surface area (Å²) in [5.74, 6) is 0.758. The minimum absolute atomic E-state index is 0.00267. The van der Waals surface area contributed by atoms with Crippen LogP contribution in [-0.2, 0) is 11.2 Å². The molecule has 0 saturated carbocycles. The van der Waals surface area contributed by atoms with Gasteiger partial charge in [-0.3, -0.25) is 4.79 Å². The van der Waals surface area contributed by atoms with Gasteiger partial charge in [0.15, 0.2) is 0 Å². The quantitative estimate of drug-likeness (QED) is 0.436. The minimum atomic E-state index is 0.00267. The molecule has 0 spiro atoms. The molecule has 0 saturated heterocycles. The van der Waals surface area contributed by atoms with E-state index in [1.54, 1.807) is 6.92 Å². The predicted molar refractivity (Wildman–Crippen MR) is 78.5 cm³/mol. The zero-order valence-electron chi connectivity index (χ0n) is 12.1. The highest BCUT2D eigenvalue weighted by atomic mass is 16.5. The van der Waals surface area contributed by atoms with E-state index in [1.807, 2.05) is 31.2 Å². The third-order valence-corrected chi connectivity index (χ3v) is 2.84. The highest BCUT2D eigenvalue weighted by Gasteiger charge is 2.01. The molecule has 0 unspecified atom stereocenters. The molecule has 0 aliphatic carbocycles. The largest absolute Gasteiger partial charge is 0.493 e. The summed E-state index contributed by atoms with van der Waals surface area (Å²) in [4.78, 5) is 11.2. The van der Waals surface area contributed by atoms with Crippen molar-refractivity contribution in [2.75, 3.05) is 13.2 Å². The van der Waals surface area contributed by atoms with Crippen LogP contribution in [0.15, 0.2) is 29.4 Å². The third kappa shape index (κ3) is 6.22. The zero-order valence-corrected chi connectivity index (χ0v) is 12.1. The molecule has 2 N–H and O–H groups in total. The number of benzene rings is 1. The van der Waals surface area contributed by atoms with Crippen molar-refractivity contribution in [3.05, 3.63) is 29.8 Å². The number of amides is 1. The van der Waals surface area contributed by atoms with Crippen molar-refractivity contribution in [3.8, 4) is 5.75 Å². The number of nitrogens with one attached hydrogen (secondary N) is 1. The van der Waals surface area contributed by atoms with E-state index in [-0.39, 0.29) is 5.91 Å². The molecular formula is C15H22N2O3. The molecule has 20 heavy (non-hydrogen) atoms. The van der Waals surface area contributed by atoms with Gasteiger partial charge in [-0.2, -0.15) is 0 Å². The molecule has 1 aromatic carbocycles. The number of aryl methyl sites for hydroxylation is 1. The van der Waals surface area contributed by atoms with E-state index >= 15 is 0 Å². The lowest BCUT2D eigenvalue weighted by molar-refractivity contribution is -0.121. The Morgan fingerprint density at radius 3 is 2.60 bits per heavy atom. The number of nitrogens with zero attached hydrogens (tertiary/aromatic N) is 1. The maximum Gasteiger partial charge on any atom is 0.223 e. The van der Waals surface area contributed by atoms with Crippen LogP contribution in [0.4, 0.5) is 0 Å². The number of oxime groups is 1. The Kier molecular flexibility index (Phi) is 7.17. The van der Waals surface area contributed by atoms with Crippen molar-refractivity contribution >= 4 is 11.6 Å². The standard InChI is InChI=1S/C15H22N2O3/c1-3-16-15(18)10-11-20-14-8-6-13(7-9-14)5-4-12(2)17-19/h6-9,19H,3-5,10-11H2,1-2H3,(H,16,18). The molecule has 0 atom stereocenters.